The fraction of sp³-hybridized carbons (Fsp3) is 0.316. The largest absolute Gasteiger partial charge is 0.489 e. The Morgan fingerprint density at radius 3 is 2.96 bits per heavy atom. The Labute approximate surface area is 135 Å². The molecule has 3 nitrogen and oxygen atoms in total. The molecule has 0 fully saturated rings. The molecule has 0 spiro atoms. The summed E-state index contributed by atoms with van der Waals surface area (Å²) >= 11 is 0. The van der Waals surface area contributed by atoms with Crippen molar-refractivity contribution >= 4 is 12.0 Å². The van der Waals surface area contributed by atoms with Crippen molar-refractivity contribution in [2.45, 2.75) is 32.3 Å². The molecule has 2 aromatic carbocycles. The van der Waals surface area contributed by atoms with Gasteiger partial charge in [-0.05, 0) is 48.1 Å². The average molecular weight is 313 g/mol. The minimum atomic E-state index is -0.318. The number of anilines is 1. The molecule has 120 valence electrons. The zero-order valence-electron chi connectivity index (χ0n) is 13.0. The van der Waals surface area contributed by atoms with Gasteiger partial charge in [0.2, 0.25) is 0 Å². The maximum atomic E-state index is 14.0. The normalized spacial score (nSPS) is 13.1. The van der Waals surface area contributed by atoms with E-state index in [9.17, 15) is 9.18 Å². The van der Waals surface area contributed by atoms with Crippen molar-refractivity contribution in [1.29, 1.82) is 0 Å². The lowest BCUT2D eigenvalue weighted by Gasteiger charge is -2.21. The molecule has 0 radical (unpaired) electrons. The van der Waals surface area contributed by atoms with Crippen LogP contribution in [0.2, 0.25) is 0 Å². The van der Waals surface area contributed by atoms with Gasteiger partial charge in [0.05, 0.1) is 0 Å². The Morgan fingerprint density at radius 1 is 1.22 bits per heavy atom. The highest BCUT2D eigenvalue weighted by Gasteiger charge is 2.13. The number of nitrogens with one attached hydrogen (secondary N) is 1. The number of ether oxygens (including phenoxy) is 1. The van der Waals surface area contributed by atoms with Gasteiger partial charge in [0.25, 0.3) is 0 Å². The van der Waals surface area contributed by atoms with Crippen LogP contribution in [-0.2, 0) is 24.2 Å². The number of hydrogen-bond acceptors (Lipinski definition) is 3. The first-order valence-electron chi connectivity index (χ1n) is 7.97. The molecule has 23 heavy (non-hydrogen) atoms. The number of carbonyl (C=O) groups is 1. The van der Waals surface area contributed by atoms with Gasteiger partial charge in [-0.2, -0.15) is 0 Å². The number of aldehydes is 1. The molecule has 1 aliphatic heterocycles. The number of rotatable bonds is 6. The molecule has 1 aliphatic rings. The first-order valence-corrected chi connectivity index (χ1v) is 7.97. The summed E-state index contributed by atoms with van der Waals surface area (Å²) in [5.74, 6) is 0.194. The van der Waals surface area contributed by atoms with Gasteiger partial charge in [-0.25, -0.2) is 4.39 Å². The summed E-state index contributed by atoms with van der Waals surface area (Å²) in [5, 5.41) is 3.39. The molecule has 0 unspecified atom stereocenters. The van der Waals surface area contributed by atoms with Gasteiger partial charge in [0.1, 0.15) is 24.5 Å². The fourth-order valence-electron chi connectivity index (χ4n) is 2.92. The highest BCUT2D eigenvalue weighted by atomic mass is 19.1. The Bertz CT molecular complexity index is 700. The van der Waals surface area contributed by atoms with Crippen LogP contribution in [0.4, 0.5) is 10.1 Å². The molecule has 1 N–H and O–H groups in total. The van der Waals surface area contributed by atoms with Gasteiger partial charge in [-0.3, -0.25) is 0 Å². The molecule has 0 saturated heterocycles. The van der Waals surface area contributed by atoms with E-state index < -0.39 is 0 Å². The van der Waals surface area contributed by atoms with Crippen molar-refractivity contribution < 1.29 is 13.9 Å². The molecular weight excluding hydrogens is 293 g/mol. The third-order valence-corrected chi connectivity index (χ3v) is 4.14. The second-order valence-corrected chi connectivity index (χ2v) is 5.72. The third kappa shape index (κ3) is 3.70. The smallest absolute Gasteiger partial charge is 0.130 e. The van der Waals surface area contributed by atoms with Crippen molar-refractivity contribution in [3.8, 4) is 5.75 Å². The summed E-state index contributed by atoms with van der Waals surface area (Å²) in [6, 6.07) is 11.0. The van der Waals surface area contributed by atoms with Crippen molar-refractivity contribution in [2.75, 3.05) is 11.9 Å². The average Bonchev–Trinajstić information content (AvgIpc) is 2.59. The molecular formula is C19H20FNO2. The van der Waals surface area contributed by atoms with Crippen LogP contribution in [0.3, 0.4) is 0 Å². The number of fused-ring (bicyclic) bond motifs is 1. The Hall–Kier alpha value is -2.36. The summed E-state index contributed by atoms with van der Waals surface area (Å²) < 4.78 is 19.7. The summed E-state index contributed by atoms with van der Waals surface area (Å²) in [5.41, 5.74) is 4.15. The molecule has 2 aromatic rings. The van der Waals surface area contributed by atoms with E-state index in [0.717, 1.165) is 31.2 Å². The molecule has 0 amide bonds. The summed E-state index contributed by atoms with van der Waals surface area (Å²) in [6.07, 6.45) is 3.72. The highest BCUT2D eigenvalue weighted by molar-refractivity contribution is 5.56. The standard InChI is InChI=1S/C19H20FNO2/c20-18-12-16(9-8-14(18)5-3-11-22)23-13-15-4-1-7-19-17(15)6-2-10-21-19/h1,4,7-9,11-12,21H,2-3,5-6,10,13H2. The monoisotopic (exact) mass is 313 g/mol. The number of hydrogen-bond donors (Lipinski definition) is 1. The number of benzene rings is 2. The Kier molecular flexibility index (Phi) is 4.91. The first-order chi connectivity index (χ1) is 11.3. The van der Waals surface area contributed by atoms with Crippen LogP contribution in [-0.4, -0.2) is 12.8 Å². The Morgan fingerprint density at radius 2 is 2.13 bits per heavy atom. The van der Waals surface area contributed by atoms with Crippen LogP contribution in [0, 0.1) is 5.82 Å². The van der Waals surface area contributed by atoms with Crippen LogP contribution in [0.15, 0.2) is 36.4 Å². The van der Waals surface area contributed by atoms with Crippen LogP contribution in [0.1, 0.15) is 29.5 Å². The molecule has 0 saturated carbocycles. The SMILES string of the molecule is O=CCCc1ccc(OCc2cccc3c2CCCN3)cc1F. The van der Waals surface area contributed by atoms with Gasteiger partial charge >= 0.3 is 0 Å². The predicted molar refractivity (Wildman–Crippen MR) is 88.4 cm³/mol. The molecule has 3 rings (SSSR count). The minimum Gasteiger partial charge on any atom is -0.489 e. The fourth-order valence-corrected chi connectivity index (χ4v) is 2.92. The van der Waals surface area contributed by atoms with E-state index in [1.165, 1.54) is 17.3 Å². The van der Waals surface area contributed by atoms with E-state index in [2.05, 4.69) is 17.4 Å². The van der Waals surface area contributed by atoms with E-state index >= 15 is 0 Å². The van der Waals surface area contributed by atoms with Crippen molar-refractivity contribution in [2.24, 2.45) is 0 Å². The lowest BCUT2D eigenvalue weighted by atomic mass is 9.98. The summed E-state index contributed by atoms with van der Waals surface area (Å²) in [7, 11) is 0. The number of carbonyl (C=O) groups excluding carboxylic acids is 1. The van der Waals surface area contributed by atoms with E-state index in [1.807, 2.05) is 6.07 Å². The maximum absolute atomic E-state index is 14.0. The van der Waals surface area contributed by atoms with Crippen LogP contribution < -0.4 is 10.1 Å². The van der Waals surface area contributed by atoms with Crippen molar-refractivity contribution in [3.05, 3.63) is 58.9 Å². The van der Waals surface area contributed by atoms with E-state index in [-0.39, 0.29) is 5.82 Å². The summed E-state index contributed by atoms with van der Waals surface area (Å²) in [4.78, 5) is 10.4. The molecule has 0 bridgehead atoms. The van der Waals surface area contributed by atoms with Gasteiger partial charge in [0.15, 0.2) is 0 Å². The van der Waals surface area contributed by atoms with Crippen LogP contribution in [0.5, 0.6) is 5.75 Å². The zero-order valence-corrected chi connectivity index (χ0v) is 13.0. The number of aryl methyl sites for hydroxylation is 1. The Balaban J connectivity index is 1.69. The molecule has 0 aliphatic carbocycles. The van der Waals surface area contributed by atoms with E-state index in [1.54, 1.807) is 12.1 Å². The lowest BCUT2D eigenvalue weighted by Crippen LogP contribution is -2.14. The van der Waals surface area contributed by atoms with Gasteiger partial charge in [0, 0.05) is 24.7 Å². The topological polar surface area (TPSA) is 38.3 Å². The second-order valence-electron chi connectivity index (χ2n) is 5.72. The quantitative estimate of drug-likeness (QED) is 0.822. The zero-order chi connectivity index (χ0) is 16.1. The molecule has 4 heteroatoms. The summed E-state index contributed by atoms with van der Waals surface area (Å²) in [6.45, 7) is 1.43. The molecule has 0 aromatic heterocycles. The second kappa shape index (κ2) is 7.27. The van der Waals surface area contributed by atoms with Crippen molar-refractivity contribution in [3.63, 3.8) is 0 Å². The first kappa shape index (κ1) is 15.5. The van der Waals surface area contributed by atoms with Crippen LogP contribution >= 0.6 is 0 Å². The predicted octanol–water partition coefficient (Wildman–Crippen LogP) is 3.89. The van der Waals surface area contributed by atoms with Gasteiger partial charge < -0.3 is 14.8 Å². The van der Waals surface area contributed by atoms with Gasteiger partial charge in [-0.1, -0.05) is 18.2 Å². The van der Waals surface area contributed by atoms with Crippen LogP contribution in [0.25, 0.3) is 0 Å². The van der Waals surface area contributed by atoms with E-state index in [0.29, 0.717) is 30.8 Å². The highest BCUT2D eigenvalue weighted by Crippen LogP contribution is 2.26. The maximum Gasteiger partial charge on any atom is 0.130 e. The lowest BCUT2D eigenvalue weighted by molar-refractivity contribution is -0.107. The number of halogens is 1. The molecule has 1 heterocycles. The van der Waals surface area contributed by atoms with E-state index in [4.69, 9.17) is 4.74 Å². The molecule has 0 atom stereocenters. The third-order valence-electron chi connectivity index (χ3n) is 4.14. The minimum absolute atomic E-state index is 0.318. The van der Waals surface area contributed by atoms with Gasteiger partial charge in [-0.15, -0.1) is 0 Å². The van der Waals surface area contributed by atoms with Crippen molar-refractivity contribution in [1.82, 2.24) is 0 Å².